The first kappa shape index (κ1) is 14.2. The fourth-order valence-electron chi connectivity index (χ4n) is 1.61. The number of hydrogen-bond acceptors (Lipinski definition) is 4. The van der Waals surface area contributed by atoms with Crippen molar-refractivity contribution in [3.8, 4) is 6.07 Å². The van der Waals surface area contributed by atoms with Gasteiger partial charge < -0.3 is 4.74 Å². The lowest BCUT2D eigenvalue weighted by atomic mass is 10.1. The lowest BCUT2D eigenvalue weighted by Crippen LogP contribution is -2.01. The van der Waals surface area contributed by atoms with Crippen molar-refractivity contribution in [2.75, 3.05) is 6.26 Å². The average Bonchev–Trinajstić information content (AvgIpc) is 2.46. The molecular formula is C14H12BrN2OS. The molecule has 2 rings (SSSR count). The van der Waals surface area contributed by atoms with Crippen LogP contribution in [0.2, 0.25) is 0 Å². The number of aromatic nitrogens is 1. The third-order valence-electron chi connectivity index (χ3n) is 2.60. The van der Waals surface area contributed by atoms with Gasteiger partial charge in [0.2, 0.25) is 0 Å². The fraction of sp³-hybridized carbons (Fsp3) is 0.214. The predicted octanol–water partition coefficient (Wildman–Crippen LogP) is 3.98. The Morgan fingerprint density at radius 3 is 3.05 bits per heavy atom. The number of ether oxygens (including phenoxy) is 1. The quantitative estimate of drug-likeness (QED) is 0.780. The summed E-state index contributed by atoms with van der Waals surface area (Å²) in [6.07, 6.45) is 9.92. The molecule has 3 nitrogen and oxygen atoms in total. The van der Waals surface area contributed by atoms with E-state index >= 15 is 0 Å². The highest BCUT2D eigenvalue weighted by molar-refractivity contribution is 9.11. The van der Waals surface area contributed by atoms with Gasteiger partial charge in [-0.25, -0.2) is 0 Å². The minimum Gasteiger partial charge on any atom is -0.492 e. The Morgan fingerprint density at radius 2 is 2.37 bits per heavy atom. The largest absolute Gasteiger partial charge is 0.492 e. The number of thioether (sulfide) groups is 1. The monoisotopic (exact) mass is 335 g/mol. The Labute approximate surface area is 125 Å². The van der Waals surface area contributed by atoms with E-state index in [0.717, 1.165) is 20.7 Å². The summed E-state index contributed by atoms with van der Waals surface area (Å²) in [7, 11) is 0. The number of allylic oxidation sites excluding steroid dienone is 4. The van der Waals surface area contributed by atoms with Crippen LogP contribution in [0.15, 0.2) is 45.2 Å². The van der Waals surface area contributed by atoms with Crippen molar-refractivity contribution in [1.82, 2.24) is 4.98 Å². The zero-order chi connectivity index (χ0) is 13.7. The van der Waals surface area contributed by atoms with Crippen molar-refractivity contribution in [1.29, 1.82) is 5.26 Å². The van der Waals surface area contributed by atoms with Crippen LogP contribution in [-0.4, -0.2) is 11.2 Å². The molecule has 1 aromatic heterocycles. The minimum atomic E-state index is 0.482. The second kappa shape index (κ2) is 6.78. The predicted molar refractivity (Wildman–Crippen MR) is 79.4 cm³/mol. The van der Waals surface area contributed by atoms with Gasteiger partial charge in [-0.2, -0.15) is 5.26 Å². The molecule has 0 aromatic carbocycles. The molecule has 0 unspecified atom stereocenters. The van der Waals surface area contributed by atoms with Crippen molar-refractivity contribution in [3.63, 3.8) is 0 Å². The Bertz CT molecular complexity index is 575. The molecule has 0 atom stereocenters. The van der Waals surface area contributed by atoms with Crippen LogP contribution in [0.1, 0.15) is 12.0 Å². The first-order valence-corrected chi connectivity index (χ1v) is 7.69. The molecule has 19 heavy (non-hydrogen) atoms. The Kier molecular flexibility index (Phi) is 5.06. The van der Waals surface area contributed by atoms with Crippen molar-refractivity contribution >= 4 is 27.7 Å². The first-order chi connectivity index (χ1) is 9.22. The minimum absolute atomic E-state index is 0.482. The molecule has 0 spiro atoms. The molecule has 0 fully saturated rings. The number of hydrogen-bond donors (Lipinski definition) is 0. The maximum absolute atomic E-state index is 8.82. The summed E-state index contributed by atoms with van der Waals surface area (Å²) in [5, 5.41) is 8.82. The summed E-state index contributed by atoms with van der Waals surface area (Å²) < 4.78 is 6.61. The normalized spacial score (nSPS) is 14.9. The molecule has 1 radical (unpaired) electrons. The van der Waals surface area contributed by atoms with E-state index in [9.17, 15) is 0 Å². The standard InChI is InChI=1S/C14H12BrN2OS/c1-19-12-4-11(7-17-8-12)9-18-14-3-2-10(6-16)5-13(14)15/h2,4-5,7-8H,3,9H2,1H3. The van der Waals surface area contributed by atoms with Crippen LogP contribution in [0.25, 0.3) is 0 Å². The highest BCUT2D eigenvalue weighted by atomic mass is 79.9. The molecular weight excluding hydrogens is 324 g/mol. The van der Waals surface area contributed by atoms with E-state index in [4.69, 9.17) is 10.00 Å². The van der Waals surface area contributed by atoms with Crippen molar-refractivity contribution < 1.29 is 4.74 Å². The first-order valence-electron chi connectivity index (χ1n) is 5.67. The summed E-state index contributed by atoms with van der Waals surface area (Å²) in [6, 6.07) is 4.18. The smallest absolute Gasteiger partial charge is 0.114 e. The fourth-order valence-corrected chi connectivity index (χ4v) is 2.57. The molecule has 0 bridgehead atoms. The Balaban J connectivity index is 2.03. The molecule has 0 N–H and O–H groups in total. The van der Waals surface area contributed by atoms with Crippen LogP contribution in [-0.2, 0) is 11.3 Å². The lowest BCUT2D eigenvalue weighted by Gasteiger charge is -2.15. The third-order valence-corrected chi connectivity index (χ3v) is 3.97. The second-order valence-corrected chi connectivity index (χ2v) is 5.65. The molecule has 1 aliphatic rings. The van der Waals surface area contributed by atoms with Gasteiger partial charge in [0.1, 0.15) is 12.4 Å². The third kappa shape index (κ3) is 3.85. The van der Waals surface area contributed by atoms with Gasteiger partial charge in [-0.05, 0) is 34.3 Å². The van der Waals surface area contributed by atoms with Gasteiger partial charge in [0, 0.05) is 41.3 Å². The van der Waals surface area contributed by atoms with E-state index in [2.05, 4.69) is 33.0 Å². The summed E-state index contributed by atoms with van der Waals surface area (Å²) >= 11 is 5.08. The van der Waals surface area contributed by atoms with Gasteiger partial charge in [0.15, 0.2) is 0 Å². The number of pyridine rings is 1. The van der Waals surface area contributed by atoms with Crippen LogP contribution in [0.3, 0.4) is 0 Å². The van der Waals surface area contributed by atoms with E-state index < -0.39 is 0 Å². The molecule has 0 saturated carbocycles. The van der Waals surface area contributed by atoms with Crippen LogP contribution in [0.5, 0.6) is 0 Å². The van der Waals surface area contributed by atoms with Crippen molar-refractivity contribution in [2.45, 2.75) is 17.9 Å². The zero-order valence-electron chi connectivity index (χ0n) is 10.4. The molecule has 5 heteroatoms. The zero-order valence-corrected chi connectivity index (χ0v) is 12.8. The molecule has 97 valence electrons. The Hall–Kier alpha value is -1.25. The number of halogens is 1. The van der Waals surface area contributed by atoms with Crippen LogP contribution in [0, 0.1) is 17.8 Å². The van der Waals surface area contributed by atoms with Crippen LogP contribution >= 0.6 is 27.7 Å². The van der Waals surface area contributed by atoms with E-state index in [-0.39, 0.29) is 0 Å². The molecule has 0 amide bonds. The maximum atomic E-state index is 8.82. The summed E-state index contributed by atoms with van der Waals surface area (Å²) in [5.41, 5.74) is 1.69. The van der Waals surface area contributed by atoms with E-state index in [0.29, 0.717) is 18.6 Å². The van der Waals surface area contributed by atoms with Gasteiger partial charge in [-0.3, -0.25) is 4.98 Å². The lowest BCUT2D eigenvalue weighted by molar-refractivity contribution is 0.191. The van der Waals surface area contributed by atoms with Gasteiger partial charge in [0.05, 0.1) is 10.6 Å². The van der Waals surface area contributed by atoms with Gasteiger partial charge >= 0.3 is 0 Å². The molecule has 1 aliphatic carbocycles. The summed E-state index contributed by atoms with van der Waals surface area (Å²) in [6.45, 7) is 0.482. The summed E-state index contributed by atoms with van der Waals surface area (Å²) in [5.74, 6) is 0.841. The highest BCUT2D eigenvalue weighted by Gasteiger charge is 2.13. The van der Waals surface area contributed by atoms with Gasteiger partial charge in [0.25, 0.3) is 0 Å². The SMILES string of the molecule is CSc1cncc(COC2=C(Br)C=C(C#N)[CH]C2)c1. The molecule has 0 saturated heterocycles. The van der Waals surface area contributed by atoms with Crippen LogP contribution < -0.4 is 0 Å². The van der Waals surface area contributed by atoms with E-state index in [1.54, 1.807) is 24.0 Å². The number of nitriles is 1. The molecule has 1 aromatic rings. The Morgan fingerprint density at radius 1 is 1.53 bits per heavy atom. The van der Waals surface area contributed by atoms with Crippen molar-refractivity contribution in [3.05, 3.63) is 52.3 Å². The maximum Gasteiger partial charge on any atom is 0.114 e. The molecule has 1 heterocycles. The van der Waals surface area contributed by atoms with E-state index in [1.165, 1.54) is 0 Å². The summed E-state index contributed by atoms with van der Waals surface area (Å²) in [4.78, 5) is 5.29. The number of rotatable bonds is 4. The topological polar surface area (TPSA) is 45.9 Å². The van der Waals surface area contributed by atoms with E-state index in [1.807, 2.05) is 18.9 Å². The average molecular weight is 336 g/mol. The van der Waals surface area contributed by atoms with Gasteiger partial charge in [-0.1, -0.05) is 0 Å². The van der Waals surface area contributed by atoms with Crippen LogP contribution in [0.4, 0.5) is 0 Å². The number of nitrogens with zero attached hydrogens (tertiary/aromatic N) is 2. The highest BCUT2D eigenvalue weighted by Crippen LogP contribution is 2.28. The van der Waals surface area contributed by atoms with Crippen molar-refractivity contribution in [2.24, 2.45) is 0 Å². The second-order valence-electron chi connectivity index (χ2n) is 3.91. The van der Waals surface area contributed by atoms with Gasteiger partial charge in [-0.15, -0.1) is 11.8 Å². The molecule has 0 aliphatic heterocycles.